The molecule has 3 N–H and O–H groups in total. The highest BCUT2D eigenvalue weighted by Crippen LogP contribution is 2.22. The van der Waals surface area contributed by atoms with E-state index in [4.69, 9.17) is 5.14 Å². The van der Waals surface area contributed by atoms with Crippen LogP contribution in [0.15, 0.2) is 29.2 Å². The van der Waals surface area contributed by atoms with Crippen LogP contribution in [-0.2, 0) is 21.2 Å². The van der Waals surface area contributed by atoms with Crippen molar-refractivity contribution in [1.29, 1.82) is 0 Å². The third kappa shape index (κ3) is 7.50. The maximum absolute atomic E-state index is 11.6. The van der Waals surface area contributed by atoms with Crippen LogP contribution >= 0.6 is 11.8 Å². The number of nitrogens with one attached hydrogen (secondary N) is 1. The molecule has 0 bridgehead atoms. The van der Waals surface area contributed by atoms with E-state index in [9.17, 15) is 13.2 Å². The van der Waals surface area contributed by atoms with Crippen molar-refractivity contribution < 1.29 is 13.2 Å². The molecule has 0 aliphatic heterocycles. The predicted molar refractivity (Wildman–Crippen MR) is 86.7 cm³/mol. The first kappa shape index (κ1) is 18.0. The Kier molecular flexibility index (Phi) is 6.24. The van der Waals surface area contributed by atoms with Gasteiger partial charge in [0.2, 0.25) is 15.9 Å². The molecule has 118 valence electrons. The number of amides is 1. The summed E-state index contributed by atoms with van der Waals surface area (Å²) in [6.07, 6.45) is 0.650. The van der Waals surface area contributed by atoms with E-state index >= 15 is 0 Å². The smallest absolute Gasteiger partial charge is 0.238 e. The van der Waals surface area contributed by atoms with Gasteiger partial charge in [-0.25, -0.2) is 13.6 Å². The Morgan fingerprint density at radius 2 is 1.81 bits per heavy atom. The highest BCUT2D eigenvalue weighted by atomic mass is 32.2. The summed E-state index contributed by atoms with van der Waals surface area (Å²) >= 11 is 1.60. The van der Waals surface area contributed by atoms with E-state index in [1.165, 1.54) is 12.1 Å². The van der Waals surface area contributed by atoms with Gasteiger partial charge < -0.3 is 5.32 Å². The molecule has 0 atom stereocenters. The second-order valence-electron chi connectivity index (χ2n) is 5.69. The molecular formula is C14H22N2O3S2. The molecule has 1 amide bonds. The number of nitrogens with two attached hydrogens (primary N) is 1. The molecule has 0 fully saturated rings. The predicted octanol–water partition coefficient (Wildman–Crippen LogP) is 1.52. The Balaban J connectivity index is 2.38. The Labute approximate surface area is 130 Å². The average molecular weight is 330 g/mol. The van der Waals surface area contributed by atoms with Crippen LogP contribution in [0.5, 0.6) is 0 Å². The molecule has 1 rings (SSSR count). The maximum Gasteiger partial charge on any atom is 0.238 e. The number of primary sulfonamides is 1. The molecule has 0 aliphatic carbocycles. The highest BCUT2D eigenvalue weighted by Gasteiger charge is 2.13. The molecule has 7 heteroatoms. The normalized spacial score (nSPS) is 12.2. The van der Waals surface area contributed by atoms with Crippen molar-refractivity contribution in [3.8, 4) is 0 Å². The first-order chi connectivity index (χ1) is 9.58. The second kappa shape index (κ2) is 7.29. The monoisotopic (exact) mass is 330 g/mol. The Morgan fingerprint density at radius 1 is 1.24 bits per heavy atom. The number of carbonyl (C=O) groups is 1. The largest absolute Gasteiger partial charge is 0.355 e. The molecule has 0 aliphatic rings. The molecule has 0 radical (unpaired) electrons. The van der Waals surface area contributed by atoms with E-state index in [1.54, 1.807) is 23.9 Å². The summed E-state index contributed by atoms with van der Waals surface area (Å²) in [7, 11) is -3.65. The fraction of sp³-hybridized carbons (Fsp3) is 0.500. The lowest BCUT2D eigenvalue weighted by atomic mass is 10.1. The lowest BCUT2D eigenvalue weighted by molar-refractivity contribution is -0.118. The molecule has 0 spiro atoms. The van der Waals surface area contributed by atoms with Gasteiger partial charge in [0.15, 0.2) is 0 Å². The van der Waals surface area contributed by atoms with E-state index in [0.717, 1.165) is 5.56 Å². The lowest BCUT2D eigenvalue weighted by Gasteiger charge is -2.16. The van der Waals surface area contributed by atoms with Crippen molar-refractivity contribution in [3.63, 3.8) is 0 Å². The summed E-state index contributed by atoms with van der Waals surface area (Å²) in [5.41, 5.74) is 0.950. The van der Waals surface area contributed by atoms with Crippen LogP contribution < -0.4 is 10.5 Å². The van der Waals surface area contributed by atoms with Crippen LogP contribution in [0.4, 0.5) is 0 Å². The summed E-state index contributed by atoms with van der Waals surface area (Å²) in [6.45, 7) is 6.73. The second-order valence-corrected chi connectivity index (χ2v) is 9.05. The lowest BCUT2D eigenvalue weighted by Crippen LogP contribution is -2.28. The van der Waals surface area contributed by atoms with Crippen molar-refractivity contribution in [2.75, 3.05) is 12.3 Å². The number of rotatable bonds is 6. The number of carbonyl (C=O) groups excluding carboxylic acids is 1. The Morgan fingerprint density at radius 3 is 2.29 bits per heavy atom. The molecule has 0 unspecified atom stereocenters. The first-order valence-electron chi connectivity index (χ1n) is 6.60. The fourth-order valence-electron chi connectivity index (χ4n) is 1.53. The highest BCUT2D eigenvalue weighted by molar-refractivity contribution is 8.01. The summed E-state index contributed by atoms with van der Waals surface area (Å²) in [5.74, 6) is 0.449. The average Bonchev–Trinajstić information content (AvgIpc) is 2.35. The summed E-state index contributed by atoms with van der Waals surface area (Å²) < 4.78 is 22.3. The van der Waals surface area contributed by atoms with Crippen molar-refractivity contribution in [1.82, 2.24) is 5.32 Å². The fourth-order valence-corrected chi connectivity index (χ4v) is 2.71. The van der Waals surface area contributed by atoms with Gasteiger partial charge in [0.1, 0.15) is 0 Å². The summed E-state index contributed by atoms with van der Waals surface area (Å²) in [4.78, 5) is 11.7. The van der Waals surface area contributed by atoms with Crippen LogP contribution in [-0.4, -0.2) is 31.4 Å². The van der Waals surface area contributed by atoms with Gasteiger partial charge in [-0.2, -0.15) is 0 Å². The van der Waals surface area contributed by atoms with Crippen LogP contribution in [0.25, 0.3) is 0 Å². The molecule has 0 heterocycles. The third-order valence-electron chi connectivity index (χ3n) is 2.62. The van der Waals surface area contributed by atoms with Crippen molar-refractivity contribution in [3.05, 3.63) is 29.8 Å². The van der Waals surface area contributed by atoms with Crippen molar-refractivity contribution in [2.45, 2.75) is 36.8 Å². The van der Waals surface area contributed by atoms with E-state index in [2.05, 4.69) is 26.1 Å². The number of hydrogen-bond acceptors (Lipinski definition) is 4. The standard InChI is InChI=1S/C14H22N2O3S2/c1-14(2,3)20-10-13(17)16-9-8-11-4-6-12(7-5-11)21(15,18)19/h4-7H,8-10H2,1-3H3,(H,16,17)(H2,15,18,19). The van der Waals surface area contributed by atoms with Gasteiger partial charge >= 0.3 is 0 Å². The number of hydrogen-bond donors (Lipinski definition) is 2. The zero-order chi connectivity index (χ0) is 16.1. The molecule has 0 saturated heterocycles. The summed E-state index contributed by atoms with van der Waals surface area (Å²) in [5, 5.41) is 7.87. The van der Waals surface area contributed by atoms with Gasteiger partial charge in [-0.05, 0) is 24.1 Å². The van der Waals surface area contributed by atoms with Gasteiger partial charge in [0, 0.05) is 11.3 Å². The van der Waals surface area contributed by atoms with Gasteiger partial charge in [-0.1, -0.05) is 32.9 Å². The zero-order valence-corrected chi connectivity index (χ0v) is 14.2. The molecular weight excluding hydrogens is 308 g/mol. The number of benzene rings is 1. The topological polar surface area (TPSA) is 89.3 Å². The first-order valence-corrected chi connectivity index (χ1v) is 9.13. The van der Waals surface area contributed by atoms with Crippen LogP contribution in [0.3, 0.4) is 0 Å². The van der Waals surface area contributed by atoms with E-state index < -0.39 is 10.0 Å². The quantitative estimate of drug-likeness (QED) is 0.827. The molecule has 0 aromatic heterocycles. The van der Waals surface area contributed by atoms with Gasteiger partial charge in [0.05, 0.1) is 10.6 Å². The van der Waals surface area contributed by atoms with Gasteiger partial charge in [-0.3, -0.25) is 4.79 Å². The Hall–Kier alpha value is -1.05. The SMILES string of the molecule is CC(C)(C)SCC(=O)NCCc1ccc(S(N)(=O)=O)cc1. The minimum Gasteiger partial charge on any atom is -0.355 e. The van der Waals surface area contributed by atoms with Crippen LogP contribution in [0, 0.1) is 0 Å². The minimum absolute atomic E-state index is 0.0103. The summed E-state index contributed by atoms with van der Waals surface area (Å²) in [6, 6.07) is 6.36. The molecule has 5 nitrogen and oxygen atoms in total. The maximum atomic E-state index is 11.6. The zero-order valence-electron chi connectivity index (χ0n) is 12.5. The van der Waals surface area contributed by atoms with Gasteiger partial charge in [-0.15, -0.1) is 11.8 Å². The van der Waals surface area contributed by atoms with Gasteiger partial charge in [0.25, 0.3) is 0 Å². The van der Waals surface area contributed by atoms with E-state index in [-0.39, 0.29) is 15.5 Å². The minimum atomic E-state index is -3.65. The molecule has 0 saturated carbocycles. The molecule has 1 aromatic rings. The molecule has 21 heavy (non-hydrogen) atoms. The van der Waals surface area contributed by atoms with Crippen LogP contribution in [0.2, 0.25) is 0 Å². The van der Waals surface area contributed by atoms with Crippen molar-refractivity contribution in [2.24, 2.45) is 5.14 Å². The molecule has 1 aromatic carbocycles. The van der Waals surface area contributed by atoms with Crippen molar-refractivity contribution >= 4 is 27.7 Å². The third-order valence-corrected chi connectivity index (χ3v) is 4.83. The van der Waals surface area contributed by atoms with E-state index in [1.807, 2.05) is 0 Å². The Bertz CT molecular complexity index is 575. The van der Waals surface area contributed by atoms with E-state index in [0.29, 0.717) is 18.7 Å². The number of thioether (sulfide) groups is 1. The van der Waals surface area contributed by atoms with Crippen LogP contribution in [0.1, 0.15) is 26.3 Å². The number of sulfonamides is 1.